The number of aliphatic hydroxyl groups is 1. The van der Waals surface area contributed by atoms with Crippen LogP contribution in [0.3, 0.4) is 0 Å². The van der Waals surface area contributed by atoms with Crippen LogP contribution in [0.4, 0.5) is 0 Å². The molecule has 0 bridgehead atoms. The number of halogens is 1. The number of ether oxygens (including phenoxy) is 1. The number of aromatic nitrogens is 1. The summed E-state index contributed by atoms with van der Waals surface area (Å²) in [4.78, 5) is 14.8. The number of carboxylic acid groups (broad SMARTS) is 1. The highest BCUT2D eigenvalue weighted by Crippen LogP contribution is 2.28. The van der Waals surface area contributed by atoms with Gasteiger partial charge in [-0.15, -0.1) is 0 Å². The molecule has 0 spiro atoms. The molecule has 19 heavy (non-hydrogen) atoms. The van der Waals surface area contributed by atoms with Gasteiger partial charge in [0.2, 0.25) is 5.79 Å². The zero-order chi connectivity index (χ0) is 14.5. The van der Waals surface area contributed by atoms with Crippen LogP contribution in [0.15, 0.2) is 18.3 Å². The summed E-state index contributed by atoms with van der Waals surface area (Å²) < 4.78 is 5.11. The van der Waals surface area contributed by atoms with E-state index in [4.69, 9.17) is 21.4 Å². The predicted octanol–water partition coefficient (Wildman–Crippen LogP) is 2.42. The molecule has 0 aliphatic heterocycles. The first-order valence-electron chi connectivity index (χ1n) is 6.01. The third kappa shape index (κ3) is 4.45. The van der Waals surface area contributed by atoms with Crippen molar-refractivity contribution in [2.45, 2.75) is 32.0 Å². The van der Waals surface area contributed by atoms with Gasteiger partial charge in [-0.2, -0.15) is 0 Å². The van der Waals surface area contributed by atoms with Crippen molar-refractivity contribution in [2.24, 2.45) is 5.92 Å². The molecule has 5 nitrogen and oxygen atoms in total. The Balaban J connectivity index is 2.68. The first-order valence-corrected chi connectivity index (χ1v) is 6.39. The highest BCUT2D eigenvalue weighted by molar-refractivity contribution is 6.30. The van der Waals surface area contributed by atoms with Crippen molar-refractivity contribution in [1.82, 2.24) is 4.98 Å². The van der Waals surface area contributed by atoms with Crippen molar-refractivity contribution in [1.29, 1.82) is 0 Å². The highest BCUT2D eigenvalue weighted by atomic mass is 35.5. The van der Waals surface area contributed by atoms with Crippen LogP contribution >= 0.6 is 11.6 Å². The Labute approximate surface area is 117 Å². The summed E-state index contributed by atoms with van der Waals surface area (Å²) in [6.07, 6.45) is 2.71. The van der Waals surface area contributed by atoms with Crippen LogP contribution in [0.5, 0.6) is 0 Å². The maximum absolute atomic E-state index is 10.7. The van der Waals surface area contributed by atoms with E-state index in [2.05, 4.69) is 4.98 Å². The lowest BCUT2D eigenvalue weighted by Crippen LogP contribution is -2.29. The minimum absolute atomic E-state index is 0.258. The second kappa shape index (κ2) is 6.84. The molecular weight excluding hydrogens is 270 g/mol. The predicted molar refractivity (Wildman–Crippen MR) is 70.8 cm³/mol. The smallest absolute Gasteiger partial charge is 0.306 e. The molecule has 1 aromatic rings. The number of nitrogens with zero attached hydrogens (tertiary/aromatic N) is 1. The lowest BCUT2D eigenvalue weighted by atomic mass is 9.99. The number of pyridine rings is 1. The number of carboxylic acids is 1. The zero-order valence-electron chi connectivity index (χ0n) is 11.0. The van der Waals surface area contributed by atoms with Gasteiger partial charge in [-0.25, -0.2) is 0 Å². The third-order valence-corrected chi connectivity index (χ3v) is 3.27. The summed E-state index contributed by atoms with van der Waals surface area (Å²) in [7, 11) is 1.38. The quantitative estimate of drug-likeness (QED) is 0.753. The van der Waals surface area contributed by atoms with Gasteiger partial charge < -0.3 is 14.9 Å². The van der Waals surface area contributed by atoms with E-state index in [9.17, 15) is 9.90 Å². The Morgan fingerprint density at radius 3 is 2.84 bits per heavy atom. The Kier molecular flexibility index (Phi) is 5.72. The normalized spacial score (nSPS) is 15.8. The second-order valence-electron chi connectivity index (χ2n) is 4.48. The molecule has 0 fully saturated rings. The maximum Gasteiger partial charge on any atom is 0.306 e. The monoisotopic (exact) mass is 287 g/mol. The van der Waals surface area contributed by atoms with Gasteiger partial charge in [0.25, 0.3) is 0 Å². The molecule has 0 aromatic carbocycles. The van der Waals surface area contributed by atoms with Crippen molar-refractivity contribution in [2.75, 3.05) is 7.11 Å². The lowest BCUT2D eigenvalue weighted by molar-refractivity contribution is -0.202. The number of carbonyl (C=O) groups is 1. The molecule has 1 heterocycles. The van der Waals surface area contributed by atoms with Crippen LogP contribution in [0.1, 0.15) is 31.9 Å². The van der Waals surface area contributed by atoms with E-state index in [1.807, 2.05) is 0 Å². The summed E-state index contributed by atoms with van der Waals surface area (Å²) in [6, 6.07) is 3.14. The first kappa shape index (κ1) is 15.9. The fraction of sp³-hybridized carbons (Fsp3) is 0.538. The van der Waals surface area contributed by atoms with Crippen molar-refractivity contribution in [3.8, 4) is 0 Å². The van der Waals surface area contributed by atoms with Crippen LogP contribution in [-0.4, -0.2) is 28.3 Å². The van der Waals surface area contributed by atoms with E-state index in [0.29, 0.717) is 23.6 Å². The average molecular weight is 288 g/mol. The van der Waals surface area contributed by atoms with Gasteiger partial charge in [-0.1, -0.05) is 18.5 Å². The summed E-state index contributed by atoms with van der Waals surface area (Å²) in [6.45, 7) is 1.63. The van der Waals surface area contributed by atoms with Crippen molar-refractivity contribution in [3.63, 3.8) is 0 Å². The summed E-state index contributed by atoms with van der Waals surface area (Å²) in [5.74, 6) is -2.83. The standard InChI is InChI=1S/C13H18ClNO4/c1-9(12(16)17)4-3-6-13(18,19-2)11-8-10(14)5-7-15-11/h5,7-9,18H,3-4,6H2,1-2H3,(H,16,17)/t9-,13+/m1/s1. The van der Waals surface area contributed by atoms with Crippen LogP contribution in [0.2, 0.25) is 5.02 Å². The average Bonchev–Trinajstić information content (AvgIpc) is 2.38. The Hall–Kier alpha value is -1.17. The third-order valence-electron chi connectivity index (χ3n) is 3.03. The van der Waals surface area contributed by atoms with Gasteiger partial charge in [0.05, 0.1) is 5.92 Å². The SMILES string of the molecule is CO[C@@](O)(CCC[C@@H](C)C(=O)O)c1cc(Cl)ccn1. The molecular formula is C13H18ClNO4. The number of hydrogen-bond acceptors (Lipinski definition) is 4. The van der Waals surface area contributed by atoms with Crippen LogP contribution < -0.4 is 0 Å². The number of methoxy groups -OCH3 is 1. The topological polar surface area (TPSA) is 79.7 Å². The van der Waals surface area contributed by atoms with E-state index in [-0.39, 0.29) is 6.42 Å². The first-order chi connectivity index (χ1) is 8.89. The van der Waals surface area contributed by atoms with E-state index in [1.54, 1.807) is 13.0 Å². The van der Waals surface area contributed by atoms with E-state index in [1.165, 1.54) is 19.4 Å². The summed E-state index contributed by atoms with van der Waals surface area (Å²) >= 11 is 5.85. The Morgan fingerprint density at radius 2 is 2.32 bits per heavy atom. The van der Waals surface area contributed by atoms with E-state index < -0.39 is 17.7 Å². The van der Waals surface area contributed by atoms with Gasteiger partial charge >= 0.3 is 5.97 Å². The molecule has 106 valence electrons. The van der Waals surface area contributed by atoms with Crippen molar-refractivity contribution >= 4 is 17.6 Å². The summed E-state index contributed by atoms with van der Waals surface area (Å²) in [5.41, 5.74) is 0.325. The summed E-state index contributed by atoms with van der Waals surface area (Å²) in [5, 5.41) is 19.6. The number of rotatable bonds is 7. The molecule has 0 radical (unpaired) electrons. The van der Waals surface area contributed by atoms with Gasteiger partial charge in [-0.3, -0.25) is 9.78 Å². The lowest BCUT2D eigenvalue weighted by Gasteiger charge is -2.26. The molecule has 0 aliphatic carbocycles. The molecule has 0 unspecified atom stereocenters. The van der Waals surface area contributed by atoms with E-state index in [0.717, 1.165) is 0 Å². The molecule has 0 aliphatic rings. The van der Waals surface area contributed by atoms with Gasteiger partial charge in [0.15, 0.2) is 0 Å². The molecule has 1 aromatic heterocycles. The molecule has 2 atom stereocenters. The Morgan fingerprint density at radius 1 is 1.63 bits per heavy atom. The van der Waals surface area contributed by atoms with Crippen LogP contribution in [0.25, 0.3) is 0 Å². The number of aliphatic carboxylic acids is 1. The fourth-order valence-corrected chi connectivity index (χ4v) is 1.88. The van der Waals surface area contributed by atoms with Gasteiger partial charge in [0.1, 0.15) is 5.69 Å². The molecule has 6 heteroatoms. The van der Waals surface area contributed by atoms with Crippen molar-refractivity contribution in [3.05, 3.63) is 29.0 Å². The zero-order valence-corrected chi connectivity index (χ0v) is 11.7. The molecule has 0 saturated heterocycles. The molecule has 1 rings (SSSR count). The Bertz CT molecular complexity index is 440. The second-order valence-corrected chi connectivity index (χ2v) is 4.92. The van der Waals surface area contributed by atoms with Crippen molar-refractivity contribution < 1.29 is 19.7 Å². The largest absolute Gasteiger partial charge is 0.481 e. The molecule has 0 saturated carbocycles. The molecule has 2 N–H and O–H groups in total. The van der Waals surface area contributed by atoms with Crippen LogP contribution in [0, 0.1) is 5.92 Å². The van der Waals surface area contributed by atoms with E-state index >= 15 is 0 Å². The van der Waals surface area contributed by atoms with Crippen LogP contribution in [-0.2, 0) is 15.3 Å². The minimum Gasteiger partial charge on any atom is -0.481 e. The maximum atomic E-state index is 10.7. The fourth-order valence-electron chi connectivity index (χ4n) is 1.72. The minimum atomic E-state index is -1.54. The highest BCUT2D eigenvalue weighted by Gasteiger charge is 2.30. The van der Waals surface area contributed by atoms with Gasteiger partial charge in [0, 0.05) is 24.8 Å². The number of hydrogen-bond donors (Lipinski definition) is 2. The van der Waals surface area contributed by atoms with Gasteiger partial charge in [-0.05, 0) is 25.0 Å². The molecule has 0 amide bonds.